The molecule has 22 heavy (non-hydrogen) atoms. The Bertz CT molecular complexity index is 790. The first-order valence-corrected chi connectivity index (χ1v) is 7.20. The number of hydrogen-bond donors (Lipinski definition) is 1. The summed E-state index contributed by atoms with van der Waals surface area (Å²) in [5, 5.41) is 1.28. The van der Waals surface area contributed by atoms with Crippen molar-refractivity contribution in [1.29, 1.82) is 0 Å². The lowest BCUT2D eigenvalue weighted by Gasteiger charge is -2.17. The second-order valence-electron chi connectivity index (χ2n) is 5.13. The van der Waals surface area contributed by atoms with Crippen LogP contribution in [0.15, 0.2) is 48.5 Å². The van der Waals surface area contributed by atoms with Crippen LogP contribution in [0.4, 0.5) is 4.39 Å². The lowest BCUT2D eigenvalue weighted by molar-refractivity contribution is 0.0779. The molecule has 3 nitrogen and oxygen atoms in total. The summed E-state index contributed by atoms with van der Waals surface area (Å²) in [6, 6.07) is 13.9. The number of carbonyl (C=O) groups excluding carboxylic acids is 1. The quantitative estimate of drug-likeness (QED) is 0.771. The van der Waals surface area contributed by atoms with Gasteiger partial charge >= 0.3 is 0 Å². The number of benzene rings is 2. The van der Waals surface area contributed by atoms with Gasteiger partial charge in [-0.25, -0.2) is 4.39 Å². The van der Waals surface area contributed by atoms with Crippen molar-refractivity contribution >= 4 is 28.4 Å². The Labute approximate surface area is 132 Å². The van der Waals surface area contributed by atoms with Crippen LogP contribution in [0.1, 0.15) is 16.1 Å². The van der Waals surface area contributed by atoms with E-state index in [2.05, 4.69) is 4.98 Å². The molecule has 0 unspecified atom stereocenters. The lowest BCUT2D eigenvalue weighted by atomic mass is 10.2. The van der Waals surface area contributed by atoms with Gasteiger partial charge in [0.1, 0.15) is 11.5 Å². The van der Waals surface area contributed by atoms with Gasteiger partial charge in [-0.15, -0.1) is 0 Å². The Hall–Kier alpha value is -2.33. The van der Waals surface area contributed by atoms with Gasteiger partial charge in [0.15, 0.2) is 0 Å². The molecule has 1 N–H and O–H groups in total. The van der Waals surface area contributed by atoms with Crippen LogP contribution >= 0.6 is 11.6 Å². The van der Waals surface area contributed by atoms with E-state index < -0.39 is 5.82 Å². The molecule has 0 radical (unpaired) electrons. The number of carbonyl (C=O) groups is 1. The van der Waals surface area contributed by atoms with Crippen LogP contribution in [0, 0.1) is 5.82 Å². The van der Waals surface area contributed by atoms with E-state index in [9.17, 15) is 9.18 Å². The molecule has 112 valence electrons. The Kier molecular flexibility index (Phi) is 3.86. The van der Waals surface area contributed by atoms with E-state index in [1.165, 1.54) is 11.0 Å². The van der Waals surface area contributed by atoms with Crippen LogP contribution in [0.2, 0.25) is 5.02 Å². The van der Waals surface area contributed by atoms with Gasteiger partial charge in [0.05, 0.1) is 6.54 Å². The molecule has 3 aromatic rings. The van der Waals surface area contributed by atoms with Gasteiger partial charge in [0.2, 0.25) is 0 Å². The largest absolute Gasteiger partial charge is 0.351 e. The third-order valence-corrected chi connectivity index (χ3v) is 3.92. The molecular formula is C17H14ClFN2O. The summed E-state index contributed by atoms with van der Waals surface area (Å²) in [6.45, 7) is 0.111. The minimum atomic E-state index is -0.413. The predicted molar refractivity (Wildman–Crippen MR) is 85.5 cm³/mol. The highest BCUT2D eigenvalue weighted by Gasteiger charge is 2.17. The SMILES string of the molecule is CN(Cc1c(F)cccc1Cl)C(=O)c1cc2ccccc2[nH]1. The molecular weight excluding hydrogens is 303 g/mol. The van der Waals surface area contributed by atoms with Crippen molar-refractivity contribution in [3.8, 4) is 0 Å². The monoisotopic (exact) mass is 316 g/mol. The van der Waals surface area contributed by atoms with Gasteiger partial charge in [0.25, 0.3) is 5.91 Å². The average molecular weight is 317 g/mol. The summed E-state index contributed by atoms with van der Waals surface area (Å²) < 4.78 is 13.8. The molecule has 0 bridgehead atoms. The van der Waals surface area contributed by atoms with E-state index in [0.29, 0.717) is 16.3 Å². The third-order valence-electron chi connectivity index (χ3n) is 3.56. The maximum Gasteiger partial charge on any atom is 0.270 e. The first kappa shape index (κ1) is 14.6. The highest BCUT2D eigenvalue weighted by atomic mass is 35.5. The number of nitrogens with zero attached hydrogens (tertiary/aromatic N) is 1. The number of nitrogens with one attached hydrogen (secondary N) is 1. The molecule has 1 amide bonds. The molecule has 1 heterocycles. The molecule has 0 atom stereocenters. The molecule has 2 aromatic carbocycles. The van der Waals surface area contributed by atoms with E-state index >= 15 is 0 Å². The molecule has 0 aliphatic carbocycles. The van der Waals surface area contributed by atoms with Crippen LogP contribution < -0.4 is 0 Å². The maximum atomic E-state index is 13.8. The summed E-state index contributed by atoms with van der Waals surface area (Å²) in [5.74, 6) is -0.626. The van der Waals surface area contributed by atoms with Crippen molar-refractivity contribution in [2.45, 2.75) is 6.54 Å². The Morgan fingerprint density at radius 2 is 2.00 bits per heavy atom. The number of rotatable bonds is 3. The van der Waals surface area contributed by atoms with Crippen LogP contribution in [0.3, 0.4) is 0 Å². The van der Waals surface area contributed by atoms with Crippen molar-refractivity contribution in [2.75, 3.05) is 7.05 Å². The van der Waals surface area contributed by atoms with Crippen LogP contribution in [0.5, 0.6) is 0 Å². The van der Waals surface area contributed by atoms with E-state index in [1.807, 2.05) is 24.3 Å². The number of halogens is 2. The first-order chi connectivity index (χ1) is 10.6. The predicted octanol–water partition coefficient (Wildman–Crippen LogP) is 4.23. The standard InChI is InChI=1S/C17H14ClFN2O/c1-21(10-12-13(18)6-4-7-14(12)19)17(22)16-9-11-5-2-3-8-15(11)20-16/h2-9,20H,10H2,1H3. The van der Waals surface area contributed by atoms with Crippen LogP contribution in [-0.2, 0) is 6.54 Å². The number of hydrogen-bond acceptors (Lipinski definition) is 1. The molecule has 0 spiro atoms. The number of amides is 1. The molecule has 0 fully saturated rings. The number of aromatic amines is 1. The molecule has 0 saturated carbocycles. The highest BCUT2D eigenvalue weighted by Crippen LogP contribution is 2.22. The van der Waals surface area contributed by atoms with Crippen molar-refractivity contribution in [3.05, 3.63) is 70.6 Å². The fourth-order valence-electron chi connectivity index (χ4n) is 2.39. The normalized spacial score (nSPS) is 10.9. The zero-order valence-electron chi connectivity index (χ0n) is 11.9. The molecule has 0 aliphatic heterocycles. The molecule has 0 saturated heterocycles. The zero-order valence-corrected chi connectivity index (χ0v) is 12.7. The van der Waals surface area contributed by atoms with Gasteiger partial charge in [0, 0.05) is 28.5 Å². The minimum absolute atomic E-state index is 0.111. The Morgan fingerprint density at radius 1 is 1.23 bits per heavy atom. The topological polar surface area (TPSA) is 36.1 Å². The van der Waals surface area contributed by atoms with Gasteiger partial charge in [-0.1, -0.05) is 35.9 Å². The molecule has 5 heteroatoms. The number of fused-ring (bicyclic) bond motifs is 1. The van der Waals surface area contributed by atoms with Gasteiger partial charge in [-0.05, 0) is 24.3 Å². The fraction of sp³-hybridized carbons (Fsp3) is 0.118. The number of para-hydroxylation sites is 1. The smallest absolute Gasteiger partial charge is 0.270 e. The first-order valence-electron chi connectivity index (χ1n) is 6.82. The zero-order chi connectivity index (χ0) is 15.7. The van der Waals surface area contributed by atoms with Crippen molar-refractivity contribution in [2.24, 2.45) is 0 Å². The summed E-state index contributed by atoms with van der Waals surface area (Å²) in [7, 11) is 1.62. The Morgan fingerprint density at radius 3 is 2.73 bits per heavy atom. The fourth-order valence-corrected chi connectivity index (χ4v) is 2.61. The van der Waals surface area contributed by atoms with Crippen LogP contribution in [-0.4, -0.2) is 22.8 Å². The van der Waals surface area contributed by atoms with Crippen molar-refractivity contribution < 1.29 is 9.18 Å². The molecule has 0 aliphatic rings. The van der Waals surface area contributed by atoms with Crippen LogP contribution in [0.25, 0.3) is 10.9 Å². The summed E-state index contributed by atoms with van der Waals surface area (Å²) in [6.07, 6.45) is 0. The lowest BCUT2D eigenvalue weighted by Crippen LogP contribution is -2.27. The summed E-state index contributed by atoms with van der Waals surface area (Å²) in [4.78, 5) is 17.0. The number of H-pyrrole nitrogens is 1. The third kappa shape index (κ3) is 2.70. The summed E-state index contributed by atoms with van der Waals surface area (Å²) >= 11 is 6.00. The Balaban J connectivity index is 1.85. The van der Waals surface area contributed by atoms with Crippen molar-refractivity contribution in [3.63, 3.8) is 0 Å². The maximum absolute atomic E-state index is 13.8. The van der Waals surface area contributed by atoms with E-state index in [1.54, 1.807) is 25.2 Å². The van der Waals surface area contributed by atoms with Gasteiger partial charge in [-0.2, -0.15) is 0 Å². The number of aromatic nitrogens is 1. The highest BCUT2D eigenvalue weighted by molar-refractivity contribution is 6.31. The van der Waals surface area contributed by atoms with E-state index in [4.69, 9.17) is 11.6 Å². The van der Waals surface area contributed by atoms with Crippen molar-refractivity contribution in [1.82, 2.24) is 9.88 Å². The van der Waals surface area contributed by atoms with Gasteiger partial charge in [-0.3, -0.25) is 4.79 Å². The average Bonchev–Trinajstić information content (AvgIpc) is 2.94. The molecule has 3 rings (SSSR count). The second-order valence-corrected chi connectivity index (χ2v) is 5.54. The summed E-state index contributed by atoms with van der Waals surface area (Å²) in [5.41, 5.74) is 1.68. The van der Waals surface area contributed by atoms with E-state index in [-0.39, 0.29) is 12.5 Å². The minimum Gasteiger partial charge on any atom is -0.351 e. The van der Waals surface area contributed by atoms with Gasteiger partial charge < -0.3 is 9.88 Å². The molecule has 1 aromatic heterocycles. The van der Waals surface area contributed by atoms with E-state index in [0.717, 1.165) is 10.9 Å². The second kappa shape index (κ2) is 5.81.